The van der Waals surface area contributed by atoms with Crippen LogP contribution in [0, 0.1) is 19.7 Å². The Balaban J connectivity index is 2.00. The van der Waals surface area contributed by atoms with Gasteiger partial charge in [-0.25, -0.2) is 4.39 Å². The summed E-state index contributed by atoms with van der Waals surface area (Å²) in [6, 6.07) is 16.8. The van der Waals surface area contributed by atoms with Gasteiger partial charge in [-0.05, 0) is 32.0 Å². The molecule has 3 rings (SSSR count). The van der Waals surface area contributed by atoms with E-state index in [-0.39, 0.29) is 23.4 Å². The Morgan fingerprint density at radius 2 is 1.69 bits per heavy atom. The predicted octanol–water partition coefficient (Wildman–Crippen LogP) is 3.90. The Morgan fingerprint density at radius 3 is 2.38 bits per heavy atom. The molecule has 0 unspecified atom stereocenters. The number of hydrogen-bond acceptors (Lipinski definition) is 2. The standard InChI is InChI=1S/C21H19FN2O2/c1-14-12-19(25)20(21(26)23-17-9-4-3-5-10-17)15(2)24(14)13-16-8-6-7-11-18(16)22/h3-12H,13H2,1-2H3,(H,23,26). The predicted molar refractivity (Wildman–Crippen MR) is 100 cm³/mol. The van der Waals surface area contributed by atoms with Crippen molar-refractivity contribution in [3.8, 4) is 0 Å². The number of hydrogen-bond donors (Lipinski definition) is 1. The number of pyridine rings is 1. The molecule has 2 aromatic carbocycles. The van der Waals surface area contributed by atoms with Crippen LogP contribution in [0.1, 0.15) is 27.3 Å². The number of para-hydroxylation sites is 1. The Morgan fingerprint density at radius 1 is 1.04 bits per heavy atom. The lowest BCUT2D eigenvalue weighted by Gasteiger charge is -2.18. The van der Waals surface area contributed by atoms with Crippen molar-refractivity contribution in [1.29, 1.82) is 0 Å². The summed E-state index contributed by atoms with van der Waals surface area (Å²) >= 11 is 0. The average molecular weight is 350 g/mol. The number of amides is 1. The van der Waals surface area contributed by atoms with Crippen molar-refractivity contribution in [2.45, 2.75) is 20.4 Å². The quantitative estimate of drug-likeness (QED) is 0.776. The molecule has 1 heterocycles. The highest BCUT2D eigenvalue weighted by Crippen LogP contribution is 2.15. The number of anilines is 1. The van der Waals surface area contributed by atoms with E-state index < -0.39 is 5.91 Å². The monoisotopic (exact) mass is 350 g/mol. The lowest BCUT2D eigenvalue weighted by molar-refractivity contribution is 0.102. The first-order valence-corrected chi connectivity index (χ1v) is 8.28. The Labute approximate surface area is 150 Å². The smallest absolute Gasteiger partial charge is 0.261 e. The minimum atomic E-state index is -0.471. The van der Waals surface area contributed by atoms with E-state index in [1.54, 1.807) is 60.9 Å². The summed E-state index contributed by atoms with van der Waals surface area (Å²) in [7, 11) is 0. The highest BCUT2D eigenvalue weighted by Gasteiger charge is 2.18. The summed E-state index contributed by atoms with van der Waals surface area (Å²) in [5, 5.41) is 2.74. The first-order valence-electron chi connectivity index (χ1n) is 8.28. The van der Waals surface area contributed by atoms with E-state index >= 15 is 0 Å². The van der Waals surface area contributed by atoms with Gasteiger partial charge < -0.3 is 9.88 Å². The maximum Gasteiger partial charge on any atom is 0.261 e. The molecule has 0 bridgehead atoms. The van der Waals surface area contributed by atoms with Gasteiger partial charge in [-0.1, -0.05) is 36.4 Å². The van der Waals surface area contributed by atoms with Crippen molar-refractivity contribution >= 4 is 11.6 Å². The van der Waals surface area contributed by atoms with Gasteiger partial charge in [0.2, 0.25) is 0 Å². The van der Waals surface area contributed by atoms with E-state index in [9.17, 15) is 14.0 Å². The van der Waals surface area contributed by atoms with E-state index in [2.05, 4.69) is 5.32 Å². The Hall–Kier alpha value is -3.21. The summed E-state index contributed by atoms with van der Waals surface area (Å²) in [6.07, 6.45) is 0. The highest BCUT2D eigenvalue weighted by molar-refractivity contribution is 6.04. The van der Waals surface area contributed by atoms with E-state index in [4.69, 9.17) is 0 Å². The average Bonchev–Trinajstić information content (AvgIpc) is 2.60. The van der Waals surface area contributed by atoms with Gasteiger partial charge >= 0.3 is 0 Å². The van der Waals surface area contributed by atoms with E-state index in [0.717, 1.165) is 0 Å². The summed E-state index contributed by atoms with van der Waals surface area (Å²) in [5.41, 5.74) is 2.00. The molecule has 0 aliphatic carbocycles. The van der Waals surface area contributed by atoms with Crippen molar-refractivity contribution in [1.82, 2.24) is 4.57 Å². The number of nitrogens with zero attached hydrogens (tertiary/aromatic N) is 1. The van der Waals surface area contributed by atoms with Gasteiger partial charge in [-0.15, -0.1) is 0 Å². The number of halogens is 1. The molecule has 0 atom stereocenters. The molecule has 0 aliphatic heterocycles. The molecule has 3 aromatic rings. The van der Waals surface area contributed by atoms with E-state index in [1.165, 1.54) is 12.1 Å². The van der Waals surface area contributed by atoms with Gasteiger partial charge in [-0.3, -0.25) is 9.59 Å². The maximum absolute atomic E-state index is 14.0. The topological polar surface area (TPSA) is 51.1 Å². The molecule has 26 heavy (non-hydrogen) atoms. The van der Waals surface area contributed by atoms with Crippen LogP contribution in [0.15, 0.2) is 65.5 Å². The molecule has 0 spiro atoms. The van der Waals surface area contributed by atoms with E-state index in [0.29, 0.717) is 22.6 Å². The van der Waals surface area contributed by atoms with Crippen molar-refractivity contribution in [2.24, 2.45) is 0 Å². The number of aryl methyl sites for hydroxylation is 1. The molecule has 0 saturated heterocycles. The lowest BCUT2D eigenvalue weighted by Crippen LogP contribution is -2.27. The van der Waals surface area contributed by atoms with Crippen LogP contribution < -0.4 is 10.7 Å². The lowest BCUT2D eigenvalue weighted by atomic mass is 10.1. The SMILES string of the molecule is Cc1cc(=O)c(C(=O)Nc2ccccc2)c(C)n1Cc1ccccc1F. The fourth-order valence-electron chi connectivity index (χ4n) is 2.95. The third-order valence-electron chi connectivity index (χ3n) is 4.32. The number of benzene rings is 2. The van der Waals surface area contributed by atoms with Gasteiger partial charge in [0.05, 0.1) is 6.54 Å². The fraction of sp³-hybridized carbons (Fsp3) is 0.143. The third-order valence-corrected chi connectivity index (χ3v) is 4.32. The van der Waals surface area contributed by atoms with Crippen molar-refractivity contribution in [3.05, 3.63) is 99.2 Å². The van der Waals surface area contributed by atoms with Crippen LogP contribution in [-0.2, 0) is 6.54 Å². The first kappa shape index (κ1) is 17.6. The second kappa shape index (κ2) is 7.35. The molecular weight excluding hydrogens is 331 g/mol. The molecule has 0 radical (unpaired) electrons. The largest absolute Gasteiger partial charge is 0.344 e. The normalized spacial score (nSPS) is 10.6. The molecule has 0 fully saturated rings. The van der Waals surface area contributed by atoms with Gasteiger partial charge in [0.15, 0.2) is 5.43 Å². The third kappa shape index (κ3) is 3.57. The molecule has 4 nitrogen and oxygen atoms in total. The van der Waals surface area contributed by atoms with Crippen LogP contribution in [0.2, 0.25) is 0 Å². The molecule has 1 aromatic heterocycles. The Kier molecular flexibility index (Phi) is 4.98. The van der Waals surface area contributed by atoms with E-state index in [1.807, 2.05) is 6.07 Å². The molecule has 0 aliphatic rings. The molecule has 5 heteroatoms. The number of carbonyl (C=O) groups is 1. The summed E-state index contributed by atoms with van der Waals surface area (Å²) < 4.78 is 15.8. The zero-order valence-electron chi connectivity index (χ0n) is 14.6. The van der Waals surface area contributed by atoms with Crippen LogP contribution in [-0.4, -0.2) is 10.5 Å². The number of rotatable bonds is 4. The molecule has 0 saturated carbocycles. The van der Waals surface area contributed by atoms with Crippen LogP contribution in [0.4, 0.5) is 10.1 Å². The Bertz CT molecular complexity index is 1010. The summed E-state index contributed by atoms with van der Waals surface area (Å²) in [4.78, 5) is 25.1. The van der Waals surface area contributed by atoms with Crippen LogP contribution in [0.5, 0.6) is 0 Å². The zero-order valence-corrected chi connectivity index (χ0v) is 14.6. The van der Waals surface area contributed by atoms with Gasteiger partial charge in [0.1, 0.15) is 11.4 Å². The van der Waals surface area contributed by atoms with Crippen molar-refractivity contribution in [2.75, 3.05) is 5.32 Å². The van der Waals surface area contributed by atoms with Crippen molar-refractivity contribution in [3.63, 3.8) is 0 Å². The second-order valence-corrected chi connectivity index (χ2v) is 6.11. The highest BCUT2D eigenvalue weighted by atomic mass is 19.1. The van der Waals surface area contributed by atoms with Gasteiger partial charge in [-0.2, -0.15) is 0 Å². The molecule has 132 valence electrons. The van der Waals surface area contributed by atoms with Gasteiger partial charge in [0, 0.05) is 28.7 Å². The number of carbonyl (C=O) groups excluding carboxylic acids is 1. The minimum Gasteiger partial charge on any atom is -0.344 e. The first-order chi connectivity index (χ1) is 12.5. The number of aromatic nitrogens is 1. The minimum absolute atomic E-state index is 0.0655. The molecular formula is C21H19FN2O2. The van der Waals surface area contributed by atoms with Crippen LogP contribution >= 0.6 is 0 Å². The van der Waals surface area contributed by atoms with Gasteiger partial charge in [0.25, 0.3) is 5.91 Å². The fourth-order valence-corrected chi connectivity index (χ4v) is 2.95. The number of nitrogens with one attached hydrogen (secondary N) is 1. The molecule has 1 amide bonds. The van der Waals surface area contributed by atoms with Crippen molar-refractivity contribution < 1.29 is 9.18 Å². The summed E-state index contributed by atoms with van der Waals surface area (Å²) in [6.45, 7) is 3.72. The van der Waals surface area contributed by atoms with Crippen LogP contribution in [0.25, 0.3) is 0 Å². The zero-order chi connectivity index (χ0) is 18.7. The maximum atomic E-state index is 14.0. The summed E-state index contributed by atoms with van der Waals surface area (Å²) in [5.74, 6) is -0.790. The molecule has 1 N–H and O–H groups in total. The second-order valence-electron chi connectivity index (χ2n) is 6.11. The van der Waals surface area contributed by atoms with Crippen LogP contribution in [0.3, 0.4) is 0 Å².